The molecule has 0 unspecified atom stereocenters. The van der Waals surface area contributed by atoms with Crippen LogP contribution in [-0.4, -0.2) is 44.6 Å². The van der Waals surface area contributed by atoms with Crippen molar-refractivity contribution in [3.63, 3.8) is 0 Å². The molecule has 4 aromatic rings. The largest absolute Gasteiger partial charge is 0.439 e. The van der Waals surface area contributed by atoms with Gasteiger partial charge in [0.15, 0.2) is 0 Å². The van der Waals surface area contributed by atoms with E-state index in [0.29, 0.717) is 53.0 Å². The van der Waals surface area contributed by atoms with Crippen LogP contribution in [0.5, 0.6) is 11.6 Å². The summed E-state index contributed by atoms with van der Waals surface area (Å²) in [6.07, 6.45) is 6.93. The van der Waals surface area contributed by atoms with Crippen LogP contribution in [-0.2, 0) is 11.2 Å². The Bertz CT molecular complexity index is 1430. The fourth-order valence-electron chi connectivity index (χ4n) is 4.50. The zero-order chi connectivity index (χ0) is 27.2. The minimum atomic E-state index is -0.305. The number of carbonyl (C=O) groups is 2. The number of nitrogens with zero attached hydrogens (tertiary/aromatic N) is 4. The zero-order valence-electron chi connectivity index (χ0n) is 21.1. The van der Waals surface area contributed by atoms with Crippen molar-refractivity contribution in [1.29, 1.82) is 0 Å². The standard InChI is InChI=1S/C29H27ClFN5O3/c30-22-8-12-28(32-17-22)39-25-9-5-21(6-10-25)29(38)35-15-13-24(14-16-35)36-19-23(18-33-36)34-27(37)11-7-20-3-1-2-4-26(20)31/h1-6,8-10,12,17-19,24H,7,11,13-16H2,(H,34,37). The first kappa shape index (κ1) is 26.4. The third kappa shape index (κ3) is 6.80. The molecule has 0 saturated carbocycles. The molecule has 0 radical (unpaired) electrons. The van der Waals surface area contributed by atoms with E-state index in [1.54, 1.807) is 67.0 Å². The average molecular weight is 548 g/mol. The van der Waals surface area contributed by atoms with Crippen molar-refractivity contribution in [2.75, 3.05) is 18.4 Å². The number of aryl methyl sites for hydroxylation is 1. The summed E-state index contributed by atoms with van der Waals surface area (Å²) in [4.78, 5) is 31.3. The summed E-state index contributed by atoms with van der Waals surface area (Å²) in [5, 5.41) is 7.77. The average Bonchev–Trinajstić information content (AvgIpc) is 3.42. The lowest BCUT2D eigenvalue weighted by atomic mass is 10.0. The number of pyridine rings is 1. The highest BCUT2D eigenvalue weighted by Gasteiger charge is 2.25. The van der Waals surface area contributed by atoms with Crippen LogP contribution >= 0.6 is 11.6 Å². The Hall–Kier alpha value is -4.24. The Balaban J connectivity index is 1.09. The van der Waals surface area contributed by atoms with Crippen molar-refractivity contribution in [1.82, 2.24) is 19.7 Å². The zero-order valence-corrected chi connectivity index (χ0v) is 21.9. The number of aromatic nitrogens is 3. The minimum absolute atomic E-state index is 0.0344. The topological polar surface area (TPSA) is 89.4 Å². The highest BCUT2D eigenvalue weighted by molar-refractivity contribution is 6.30. The molecule has 0 bridgehead atoms. The van der Waals surface area contributed by atoms with Gasteiger partial charge in [0.05, 0.1) is 22.9 Å². The van der Waals surface area contributed by atoms with Gasteiger partial charge in [0.2, 0.25) is 11.8 Å². The van der Waals surface area contributed by atoms with Crippen molar-refractivity contribution in [3.05, 3.63) is 101 Å². The fourth-order valence-corrected chi connectivity index (χ4v) is 4.61. The number of ether oxygens (including phenoxy) is 1. The lowest BCUT2D eigenvalue weighted by Crippen LogP contribution is -2.39. The first-order valence-corrected chi connectivity index (χ1v) is 13.1. The number of hydrogen-bond acceptors (Lipinski definition) is 5. The number of hydrogen-bond donors (Lipinski definition) is 1. The van der Waals surface area contributed by atoms with Gasteiger partial charge < -0.3 is 15.0 Å². The smallest absolute Gasteiger partial charge is 0.253 e. The van der Waals surface area contributed by atoms with Crippen LogP contribution in [0.3, 0.4) is 0 Å². The molecule has 1 fully saturated rings. The minimum Gasteiger partial charge on any atom is -0.439 e. The number of anilines is 1. The summed E-state index contributed by atoms with van der Waals surface area (Å²) in [6, 6.07) is 16.9. The molecule has 39 heavy (non-hydrogen) atoms. The van der Waals surface area contributed by atoms with Gasteiger partial charge in [0.25, 0.3) is 5.91 Å². The van der Waals surface area contributed by atoms with Gasteiger partial charge in [0, 0.05) is 43.5 Å². The quantitative estimate of drug-likeness (QED) is 0.296. The van der Waals surface area contributed by atoms with Gasteiger partial charge in [-0.1, -0.05) is 29.8 Å². The Morgan fingerprint density at radius 3 is 2.51 bits per heavy atom. The molecular formula is C29H27ClFN5O3. The number of benzene rings is 2. The second kappa shape index (κ2) is 12.1. The summed E-state index contributed by atoms with van der Waals surface area (Å²) in [6.45, 7) is 1.20. The molecule has 0 spiro atoms. The molecule has 1 saturated heterocycles. The second-order valence-corrected chi connectivity index (χ2v) is 9.75. The molecule has 1 N–H and O–H groups in total. The number of piperidine rings is 1. The summed E-state index contributed by atoms with van der Waals surface area (Å²) in [7, 11) is 0. The van der Waals surface area contributed by atoms with Crippen molar-refractivity contribution in [2.45, 2.75) is 31.7 Å². The molecule has 1 aliphatic rings. The van der Waals surface area contributed by atoms with Crippen molar-refractivity contribution >= 4 is 29.1 Å². The van der Waals surface area contributed by atoms with Gasteiger partial charge in [-0.3, -0.25) is 14.3 Å². The summed E-state index contributed by atoms with van der Waals surface area (Å²) >= 11 is 5.85. The van der Waals surface area contributed by atoms with Gasteiger partial charge >= 0.3 is 0 Å². The molecule has 8 nitrogen and oxygen atoms in total. The number of halogens is 2. The van der Waals surface area contributed by atoms with Crippen LogP contribution in [0.4, 0.5) is 10.1 Å². The number of carbonyl (C=O) groups excluding carboxylic acids is 2. The maximum Gasteiger partial charge on any atom is 0.253 e. The van der Waals surface area contributed by atoms with E-state index in [-0.39, 0.29) is 30.1 Å². The third-order valence-electron chi connectivity index (χ3n) is 6.61. The van der Waals surface area contributed by atoms with Crippen LogP contribution in [0.2, 0.25) is 5.02 Å². The molecule has 1 aliphatic heterocycles. The predicted octanol–water partition coefficient (Wildman–Crippen LogP) is 5.91. The SMILES string of the molecule is O=C(CCc1ccccc1F)Nc1cnn(C2CCN(C(=O)c3ccc(Oc4ccc(Cl)cn4)cc3)CC2)c1. The molecule has 2 aromatic heterocycles. The highest BCUT2D eigenvalue weighted by atomic mass is 35.5. The Morgan fingerprint density at radius 1 is 1.03 bits per heavy atom. The van der Waals surface area contributed by atoms with Gasteiger partial charge in [0.1, 0.15) is 11.6 Å². The first-order chi connectivity index (χ1) is 18.9. The Kier molecular flexibility index (Phi) is 8.17. The van der Waals surface area contributed by atoms with Crippen LogP contribution in [0.1, 0.15) is 41.2 Å². The highest BCUT2D eigenvalue weighted by Crippen LogP contribution is 2.26. The fraction of sp³-hybridized carbons (Fsp3) is 0.241. The lowest BCUT2D eigenvalue weighted by molar-refractivity contribution is -0.116. The predicted molar refractivity (Wildman–Crippen MR) is 146 cm³/mol. The number of rotatable bonds is 8. The third-order valence-corrected chi connectivity index (χ3v) is 6.84. The Labute approximate surface area is 230 Å². The van der Waals surface area contributed by atoms with E-state index in [2.05, 4.69) is 15.4 Å². The van der Waals surface area contributed by atoms with Crippen molar-refractivity contribution in [2.24, 2.45) is 0 Å². The van der Waals surface area contributed by atoms with E-state index in [0.717, 1.165) is 12.8 Å². The summed E-state index contributed by atoms with van der Waals surface area (Å²) in [5.41, 5.74) is 1.71. The lowest BCUT2D eigenvalue weighted by Gasteiger charge is -2.32. The van der Waals surface area contributed by atoms with Crippen LogP contribution in [0.25, 0.3) is 0 Å². The molecule has 3 heterocycles. The molecule has 200 valence electrons. The van der Waals surface area contributed by atoms with Crippen LogP contribution < -0.4 is 10.1 Å². The number of nitrogens with one attached hydrogen (secondary N) is 1. The number of amides is 2. The van der Waals surface area contributed by atoms with E-state index < -0.39 is 0 Å². The maximum absolute atomic E-state index is 13.8. The molecule has 2 amide bonds. The Morgan fingerprint density at radius 2 is 1.79 bits per heavy atom. The summed E-state index contributed by atoms with van der Waals surface area (Å²) < 4.78 is 21.3. The van der Waals surface area contributed by atoms with E-state index in [9.17, 15) is 14.0 Å². The van der Waals surface area contributed by atoms with E-state index >= 15 is 0 Å². The van der Waals surface area contributed by atoms with E-state index in [1.165, 1.54) is 12.3 Å². The molecule has 10 heteroatoms. The molecular weight excluding hydrogens is 521 g/mol. The molecule has 0 atom stereocenters. The maximum atomic E-state index is 13.8. The molecule has 5 rings (SSSR count). The molecule has 0 aliphatic carbocycles. The van der Waals surface area contributed by atoms with Gasteiger partial charge in [-0.05, 0) is 61.2 Å². The van der Waals surface area contributed by atoms with E-state index in [1.807, 2.05) is 9.58 Å². The van der Waals surface area contributed by atoms with Gasteiger partial charge in [-0.25, -0.2) is 9.37 Å². The molecule has 2 aromatic carbocycles. The van der Waals surface area contributed by atoms with Gasteiger partial charge in [-0.2, -0.15) is 5.10 Å². The monoisotopic (exact) mass is 547 g/mol. The van der Waals surface area contributed by atoms with E-state index in [4.69, 9.17) is 16.3 Å². The first-order valence-electron chi connectivity index (χ1n) is 12.7. The van der Waals surface area contributed by atoms with Crippen molar-refractivity contribution in [3.8, 4) is 11.6 Å². The normalized spacial score (nSPS) is 13.7. The van der Waals surface area contributed by atoms with Crippen LogP contribution in [0, 0.1) is 5.82 Å². The number of likely N-dealkylation sites (tertiary alicyclic amines) is 1. The van der Waals surface area contributed by atoms with Crippen LogP contribution in [0.15, 0.2) is 79.3 Å². The van der Waals surface area contributed by atoms with Crippen molar-refractivity contribution < 1.29 is 18.7 Å². The summed E-state index contributed by atoms with van der Waals surface area (Å²) in [5.74, 6) is 0.464. The second-order valence-electron chi connectivity index (χ2n) is 9.31. The van der Waals surface area contributed by atoms with Gasteiger partial charge in [-0.15, -0.1) is 0 Å².